The molecule has 0 spiro atoms. The summed E-state index contributed by atoms with van der Waals surface area (Å²) in [5.74, 6) is -0.651. The molecule has 1 atom stereocenters. The minimum Gasteiger partial charge on any atom is -0.479 e. The van der Waals surface area contributed by atoms with Crippen LogP contribution in [0.5, 0.6) is 0 Å². The number of carboxylic acid groups (broad SMARTS) is 1. The highest BCUT2D eigenvalue weighted by atomic mass is 32.1. The summed E-state index contributed by atoms with van der Waals surface area (Å²) in [5.41, 5.74) is 4.73. The zero-order valence-corrected chi connectivity index (χ0v) is 12.7. The van der Waals surface area contributed by atoms with E-state index in [9.17, 15) is 4.79 Å². The molecule has 1 unspecified atom stereocenters. The van der Waals surface area contributed by atoms with Crippen LogP contribution in [0.2, 0.25) is 0 Å². The molecule has 0 saturated heterocycles. The van der Waals surface area contributed by atoms with Gasteiger partial charge >= 0.3 is 5.97 Å². The number of nitrogens with one attached hydrogen (secondary N) is 2. The Kier molecular flexibility index (Phi) is 6.57. The van der Waals surface area contributed by atoms with E-state index in [2.05, 4.69) is 30.7 Å². The van der Waals surface area contributed by atoms with Gasteiger partial charge in [0, 0.05) is 5.69 Å². The van der Waals surface area contributed by atoms with Gasteiger partial charge in [0.15, 0.2) is 6.61 Å². The van der Waals surface area contributed by atoms with Crippen molar-refractivity contribution in [1.29, 1.82) is 0 Å². The minimum absolute atomic E-state index is 0.287. The number of carboxylic acids is 1. The van der Waals surface area contributed by atoms with Crippen molar-refractivity contribution >= 4 is 28.9 Å². The molecule has 0 aliphatic heterocycles. The fourth-order valence-corrected chi connectivity index (χ4v) is 1.80. The predicted molar refractivity (Wildman–Crippen MR) is 82.9 cm³/mol. The first-order valence-corrected chi connectivity index (χ1v) is 6.81. The van der Waals surface area contributed by atoms with Crippen molar-refractivity contribution in [3.05, 3.63) is 29.8 Å². The smallest absolute Gasteiger partial charge is 0.331 e. The van der Waals surface area contributed by atoms with E-state index in [0.29, 0.717) is 10.9 Å². The minimum atomic E-state index is -1.03. The summed E-state index contributed by atoms with van der Waals surface area (Å²) in [6.07, 6.45) is 0. The van der Waals surface area contributed by atoms with Crippen molar-refractivity contribution in [3.8, 4) is 0 Å². The van der Waals surface area contributed by atoms with Crippen LogP contribution < -0.4 is 10.8 Å². The second-order valence-corrected chi connectivity index (χ2v) is 5.19. The zero-order chi connectivity index (χ0) is 15.1. The fraction of sp³-hybridized carbons (Fsp3) is 0.429. The molecule has 0 bridgehead atoms. The molecule has 3 N–H and O–H groups in total. The number of thiocarbonyl (C=S) groups is 1. The molecule has 1 aromatic carbocycles. The molecule has 1 rings (SSSR count). The van der Waals surface area contributed by atoms with Gasteiger partial charge in [-0.05, 0) is 24.5 Å². The van der Waals surface area contributed by atoms with Gasteiger partial charge in [0.2, 0.25) is 0 Å². The maximum absolute atomic E-state index is 10.3. The van der Waals surface area contributed by atoms with Crippen LogP contribution >= 0.6 is 12.2 Å². The monoisotopic (exact) mass is 296 g/mol. The highest BCUT2D eigenvalue weighted by molar-refractivity contribution is 7.80. The number of rotatable bonds is 7. The summed E-state index contributed by atoms with van der Waals surface area (Å²) in [5, 5.41) is 11.7. The van der Waals surface area contributed by atoms with Gasteiger partial charge in [-0.25, -0.2) is 4.79 Å². The van der Waals surface area contributed by atoms with Crippen molar-refractivity contribution in [2.45, 2.75) is 32.7 Å². The quantitative estimate of drug-likeness (QED) is 0.530. The fourth-order valence-electron chi connectivity index (χ4n) is 1.64. The van der Waals surface area contributed by atoms with Crippen molar-refractivity contribution in [2.75, 3.05) is 11.9 Å². The first kappa shape index (κ1) is 16.6. The van der Waals surface area contributed by atoms with E-state index in [1.165, 1.54) is 5.56 Å². The molecule has 0 amide bonds. The van der Waals surface area contributed by atoms with Crippen molar-refractivity contribution in [1.82, 2.24) is 5.48 Å². The number of hydrogen-bond donors (Lipinski definition) is 3. The Morgan fingerprint density at radius 2 is 2.00 bits per heavy atom. The molecule has 20 heavy (non-hydrogen) atoms. The van der Waals surface area contributed by atoms with Crippen LogP contribution in [0.1, 0.15) is 32.3 Å². The molecule has 0 aliphatic carbocycles. The van der Waals surface area contributed by atoms with Crippen LogP contribution in [0, 0.1) is 0 Å². The Balaban J connectivity index is 2.59. The summed E-state index contributed by atoms with van der Waals surface area (Å²) in [7, 11) is 0. The van der Waals surface area contributed by atoms with Crippen molar-refractivity contribution < 1.29 is 14.7 Å². The predicted octanol–water partition coefficient (Wildman–Crippen LogP) is 2.54. The Bertz CT molecular complexity index is 477. The second kappa shape index (κ2) is 7.94. The van der Waals surface area contributed by atoms with E-state index in [0.717, 1.165) is 5.69 Å². The summed E-state index contributed by atoms with van der Waals surface area (Å²) >= 11 is 5.28. The average molecular weight is 296 g/mol. The van der Waals surface area contributed by atoms with Gasteiger partial charge in [0.25, 0.3) is 0 Å². The highest BCUT2D eigenvalue weighted by Crippen LogP contribution is 2.23. The first-order valence-electron chi connectivity index (χ1n) is 6.40. The molecule has 110 valence electrons. The molecular formula is C14H20N2O3S. The number of benzene rings is 1. The van der Waals surface area contributed by atoms with Crippen LogP contribution in [0.3, 0.4) is 0 Å². The molecule has 6 heteroatoms. The van der Waals surface area contributed by atoms with E-state index in [1.807, 2.05) is 18.2 Å². The van der Waals surface area contributed by atoms with Gasteiger partial charge < -0.3 is 10.4 Å². The lowest BCUT2D eigenvalue weighted by molar-refractivity contribution is -0.145. The maximum Gasteiger partial charge on any atom is 0.331 e. The number of hydroxylamine groups is 1. The third-order valence-electron chi connectivity index (χ3n) is 2.69. The number of carbonyl (C=O) groups is 1. The van der Waals surface area contributed by atoms with Crippen LogP contribution in [-0.4, -0.2) is 28.7 Å². The van der Waals surface area contributed by atoms with Crippen molar-refractivity contribution in [2.24, 2.45) is 0 Å². The molecular weight excluding hydrogens is 276 g/mol. The summed E-state index contributed by atoms with van der Waals surface area (Å²) in [6, 6.07) is 7.66. The first-order chi connectivity index (χ1) is 9.41. The van der Waals surface area contributed by atoms with E-state index in [4.69, 9.17) is 22.2 Å². The standard InChI is InChI=1S/C14H20N2O3S/c1-9(2)11-6-4-5-7-12(11)15-14(20)10(3)16-19-8-13(17)18/h4-7,9-10,16H,8H2,1-3H3,(H,15,20)(H,17,18). The van der Waals surface area contributed by atoms with Crippen LogP contribution in [-0.2, 0) is 9.63 Å². The summed E-state index contributed by atoms with van der Waals surface area (Å²) in [6.45, 7) is 5.62. The lowest BCUT2D eigenvalue weighted by Gasteiger charge is -2.19. The molecule has 0 radical (unpaired) electrons. The second-order valence-electron chi connectivity index (χ2n) is 4.75. The van der Waals surface area contributed by atoms with E-state index >= 15 is 0 Å². The number of anilines is 1. The molecule has 0 aliphatic rings. The van der Waals surface area contributed by atoms with E-state index < -0.39 is 12.6 Å². The third-order valence-corrected chi connectivity index (χ3v) is 3.15. The molecule has 0 heterocycles. The van der Waals surface area contributed by atoms with Gasteiger partial charge in [-0.3, -0.25) is 4.84 Å². The summed E-state index contributed by atoms with van der Waals surface area (Å²) < 4.78 is 0. The Hall–Kier alpha value is -1.50. The molecule has 5 nitrogen and oxygen atoms in total. The number of aliphatic carboxylic acids is 1. The van der Waals surface area contributed by atoms with Gasteiger partial charge in [-0.2, -0.15) is 5.48 Å². The largest absolute Gasteiger partial charge is 0.479 e. The maximum atomic E-state index is 10.3. The molecule has 0 saturated carbocycles. The lowest BCUT2D eigenvalue weighted by Crippen LogP contribution is -2.38. The SMILES string of the molecule is CC(NOCC(=O)O)C(=S)Nc1ccccc1C(C)C. The van der Waals surface area contributed by atoms with Gasteiger partial charge in [-0.15, -0.1) is 0 Å². The van der Waals surface area contributed by atoms with Crippen LogP contribution in [0.15, 0.2) is 24.3 Å². The molecule has 1 aromatic rings. The van der Waals surface area contributed by atoms with Gasteiger partial charge in [0.05, 0.1) is 11.0 Å². The number of para-hydroxylation sites is 1. The normalized spacial score (nSPS) is 12.2. The third kappa shape index (κ3) is 5.24. The van der Waals surface area contributed by atoms with E-state index in [1.54, 1.807) is 6.92 Å². The van der Waals surface area contributed by atoms with Gasteiger partial charge in [0.1, 0.15) is 0 Å². The van der Waals surface area contributed by atoms with Crippen molar-refractivity contribution in [3.63, 3.8) is 0 Å². The zero-order valence-electron chi connectivity index (χ0n) is 11.8. The Morgan fingerprint density at radius 3 is 2.60 bits per heavy atom. The molecule has 0 fully saturated rings. The van der Waals surface area contributed by atoms with E-state index in [-0.39, 0.29) is 6.04 Å². The van der Waals surface area contributed by atoms with Crippen LogP contribution in [0.4, 0.5) is 5.69 Å². The Labute approximate surface area is 124 Å². The van der Waals surface area contributed by atoms with Crippen LogP contribution in [0.25, 0.3) is 0 Å². The topological polar surface area (TPSA) is 70.6 Å². The Morgan fingerprint density at radius 1 is 1.35 bits per heavy atom. The number of hydrogen-bond acceptors (Lipinski definition) is 4. The highest BCUT2D eigenvalue weighted by Gasteiger charge is 2.12. The average Bonchev–Trinajstić information content (AvgIpc) is 2.38. The summed E-state index contributed by atoms with van der Waals surface area (Å²) in [4.78, 5) is 15.7. The van der Waals surface area contributed by atoms with Gasteiger partial charge in [-0.1, -0.05) is 44.3 Å². The lowest BCUT2D eigenvalue weighted by atomic mass is 10.0. The molecule has 0 aromatic heterocycles.